The predicted octanol–water partition coefficient (Wildman–Crippen LogP) is 4.09. The van der Waals surface area contributed by atoms with Gasteiger partial charge in [0.1, 0.15) is 0 Å². The molecule has 2 aromatic heterocycles. The molecular weight excluding hydrogens is 334 g/mol. The number of anilines is 1. The number of nitrogens with zero attached hydrogens (tertiary/aromatic N) is 5. The summed E-state index contributed by atoms with van der Waals surface area (Å²) in [6, 6.07) is 7.18. The summed E-state index contributed by atoms with van der Waals surface area (Å²) < 4.78 is 4.28. The van der Waals surface area contributed by atoms with Crippen molar-refractivity contribution < 1.29 is 0 Å². The zero-order valence-corrected chi connectivity index (χ0v) is 17.0. The van der Waals surface area contributed by atoms with Gasteiger partial charge in [0.2, 0.25) is 0 Å². The van der Waals surface area contributed by atoms with E-state index >= 15 is 0 Å². The van der Waals surface area contributed by atoms with Crippen LogP contribution in [0.5, 0.6) is 0 Å². The highest BCUT2D eigenvalue weighted by Gasteiger charge is 2.19. The monoisotopic (exact) mass is 363 g/mol. The van der Waals surface area contributed by atoms with Crippen LogP contribution in [0.25, 0.3) is 11.3 Å². The summed E-state index contributed by atoms with van der Waals surface area (Å²) in [5, 5.41) is 4.57. The average Bonchev–Trinajstić information content (AvgIpc) is 3.23. The third kappa shape index (κ3) is 3.15. The molecule has 0 unspecified atom stereocenters. The molecule has 1 aromatic carbocycles. The largest absolute Gasteiger partial charge is 0.374 e. The lowest BCUT2D eigenvalue weighted by Gasteiger charge is -2.28. The van der Waals surface area contributed by atoms with Crippen LogP contribution < -0.4 is 4.90 Å². The SMILES string of the molecule is Cc1nn(C)c(C)c1C[C@H](C)n1cncc1-c1ccc2c(c1)CCCN2C. The first kappa shape index (κ1) is 17.8. The van der Waals surface area contributed by atoms with Gasteiger partial charge in [0.15, 0.2) is 0 Å². The first-order valence-corrected chi connectivity index (χ1v) is 9.81. The van der Waals surface area contributed by atoms with Gasteiger partial charge in [-0.05, 0) is 63.3 Å². The fraction of sp³-hybridized carbons (Fsp3) is 0.455. The Morgan fingerprint density at radius 1 is 1.19 bits per heavy atom. The molecule has 0 amide bonds. The van der Waals surface area contributed by atoms with E-state index in [0.717, 1.165) is 25.1 Å². The van der Waals surface area contributed by atoms with E-state index in [9.17, 15) is 0 Å². The molecule has 5 nitrogen and oxygen atoms in total. The van der Waals surface area contributed by atoms with Crippen LogP contribution in [0.2, 0.25) is 0 Å². The van der Waals surface area contributed by atoms with Crippen LogP contribution in [0.3, 0.4) is 0 Å². The van der Waals surface area contributed by atoms with Crippen molar-refractivity contribution in [1.29, 1.82) is 0 Å². The number of hydrogen-bond acceptors (Lipinski definition) is 3. The van der Waals surface area contributed by atoms with E-state index in [1.165, 1.54) is 40.2 Å². The maximum atomic E-state index is 4.57. The second kappa shape index (κ2) is 6.87. The minimum absolute atomic E-state index is 0.322. The molecule has 1 atom stereocenters. The smallest absolute Gasteiger partial charge is 0.0953 e. The summed E-state index contributed by atoms with van der Waals surface area (Å²) in [6.45, 7) is 7.66. The van der Waals surface area contributed by atoms with Gasteiger partial charge >= 0.3 is 0 Å². The van der Waals surface area contributed by atoms with E-state index in [-0.39, 0.29) is 0 Å². The van der Waals surface area contributed by atoms with Crippen LogP contribution in [-0.2, 0) is 19.9 Å². The molecule has 3 aromatic rings. The van der Waals surface area contributed by atoms with E-state index < -0.39 is 0 Å². The zero-order valence-electron chi connectivity index (χ0n) is 17.0. The summed E-state index contributed by atoms with van der Waals surface area (Å²) >= 11 is 0. The Morgan fingerprint density at radius 2 is 2.00 bits per heavy atom. The molecule has 0 radical (unpaired) electrons. The lowest BCUT2D eigenvalue weighted by molar-refractivity contribution is 0.546. The average molecular weight is 364 g/mol. The predicted molar refractivity (Wildman–Crippen MR) is 110 cm³/mol. The fourth-order valence-electron chi connectivity index (χ4n) is 4.33. The minimum atomic E-state index is 0.322. The van der Waals surface area contributed by atoms with E-state index in [2.05, 4.69) is 65.6 Å². The highest BCUT2D eigenvalue weighted by atomic mass is 15.3. The normalized spacial score (nSPS) is 15.1. The Morgan fingerprint density at radius 3 is 2.74 bits per heavy atom. The first-order chi connectivity index (χ1) is 13.0. The lowest BCUT2D eigenvalue weighted by atomic mass is 9.98. The second-order valence-electron chi connectivity index (χ2n) is 7.88. The van der Waals surface area contributed by atoms with Crippen molar-refractivity contribution in [2.24, 2.45) is 7.05 Å². The standard InChI is InChI=1S/C22H29N5/c1-15(11-20-16(2)24-26(5)17(20)3)27-14-23-13-22(27)19-8-9-21-18(12-19)7-6-10-25(21)4/h8-9,12-15H,6-7,10-11H2,1-5H3/t15-/m0/s1. The van der Waals surface area contributed by atoms with Crippen LogP contribution in [0.15, 0.2) is 30.7 Å². The number of imidazole rings is 1. The molecule has 4 rings (SSSR count). The molecular formula is C22H29N5. The third-order valence-electron chi connectivity index (χ3n) is 6.03. The topological polar surface area (TPSA) is 38.9 Å². The van der Waals surface area contributed by atoms with Gasteiger partial charge in [-0.3, -0.25) is 4.68 Å². The highest BCUT2D eigenvalue weighted by molar-refractivity contribution is 5.67. The van der Waals surface area contributed by atoms with E-state index in [1.54, 1.807) is 0 Å². The van der Waals surface area contributed by atoms with Gasteiger partial charge in [-0.2, -0.15) is 5.10 Å². The van der Waals surface area contributed by atoms with Crippen molar-refractivity contribution >= 4 is 5.69 Å². The molecule has 27 heavy (non-hydrogen) atoms. The molecule has 0 saturated carbocycles. The van der Waals surface area contributed by atoms with Crippen LogP contribution in [0, 0.1) is 13.8 Å². The maximum Gasteiger partial charge on any atom is 0.0953 e. The molecule has 0 fully saturated rings. The second-order valence-corrected chi connectivity index (χ2v) is 7.88. The molecule has 0 bridgehead atoms. The molecule has 0 saturated heterocycles. The summed E-state index contributed by atoms with van der Waals surface area (Å²) in [4.78, 5) is 6.83. The fourth-order valence-corrected chi connectivity index (χ4v) is 4.33. The quantitative estimate of drug-likeness (QED) is 0.701. The zero-order chi connectivity index (χ0) is 19.1. The van der Waals surface area contributed by atoms with E-state index in [0.29, 0.717) is 6.04 Å². The summed E-state index contributed by atoms with van der Waals surface area (Å²) in [5.74, 6) is 0. The Hall–Kier alpha value is -2.56. The molecule has 3 heterocycles. The highest BCUT2D eigenvalue weighted by Crippen LogP contribution is 2.32. The summed E-state index contributed by atoms with van der Waals surface area (Å²) in [7, 11) is 4.20. The van der Waals surface area contributed by atoms with Crippen LogP contribution in [0.4, 0.5) is 5.69 Å². The van der Waals surface area contributed by atoms with Crippen molar-refractivity contribution in [1.82, 2.24) is 19.3 Å². The Balaban J connectivity index is 1.65. The van der Waals surface area contributed by atoms with Crippen LogP contribution in [0.1, 0.15) is 41.9 Å². The van der Waals surface area contributed by atoms with Gasteiger partial charge in [-0.25, -0.2) is 4.98 Å². The van der Waals surface area contributed by atoms with Crippen molar-refractivity contribution in [2.45, 2.75) is 46.1 Å². The number of aryl methyl sites for hydroxylation is 3. The van der Waals surface area contributed by atoms with Crippen molar-refractivity contribution in [2.75, 3.05) is 18.5 Å². The summed E-state index contributed by atoms with van der Waals surface area (Å²) in [5.41, 5.74) is 8.98. The number of aromatic nitrogens is 4. The van der Waals surface area contributed by atoms with Gasteiger partial charge in [0, 0.05) is 43.6 Å². The van der Waals surface area contributed by atoms with Gasteiger partial charge < -0.3 is 9.47 Å². The summed E-state index contributed by atoms with van der Waals surface area (Å²) in [6.07, 6.45) is 7.30. The third-order valence-corrected chi connectivity index (χ3v) is 6.03. The Bertz CT molecular complexity index is 965. The van der Waals surface area contributed by atoms with Crippen LogP contribution in [-0.4, -0.2) is 32.9 Å². The molecule has 142 valence electrons. The van der Waals surface area contributed by atoms with Gasteiger partial charge in [-0.1, -0.05) is 6.07 Å². The Kier molecular flexibility index (Phi) is 4.54. The number of benzene rings is 1. The molecule has 1 aliphatic rings. The first-order valence-electron chi connectivity index (χ1n) is 9.81. The molecule has 0 aliphatic carbocycles. The molecule has 0 spiro atoms. The minimum Gasteiger partial charge on any atom is -0.374 e. The van der Waals surface area contributed by atoms with E-state index in [1.807, 2.05) is 24.3 Å². The molecule has 0 N–H and O–H groups in total. The lowest BCUT2D eigenvalue weighted by Crippen LogP contribution is -2.24. The van der Waals surface area contributed by atoms with Crippen LogP contribution >= 0.6 is 0 Å². The molecule has 5 heteroatoms. The van der Waals surface area contributed by atoms with Crippen molar-refractivity contribution in [3.8, 4) is 11.3 Å². The maximum absolute atomic E-state index is 4.57. The Labute approximate surface area is 161 Å². The van der Waals surface area contributed by atoms with Crippen molar-refractivity contribution in [3.05, 3.63) is 53.2 Å². The number of rotatable bonds is 4. The van der Waals surface area contributed by atoms with E-state index in [4.69, 9.17) is 0 Å². The molecule has 1 aliphatic heterocycles. The van der Waals surface area contributed by atoms with Crippen molar-refractivity contribution in [3.63, 3.8) is 0 Å². The number of hydrogen-bond donors (Lipinski definition) is 0. The number of fused-ring (bicyclic) bond motifs is 1. The van der Waals surface area contributed by atoms with Gasteiger partial charge in [-0.15, -0.1) is 0 Å². The van der Waals surface area contributed by atoms with Gasteiger partial charge in [0.25, 0.3) is 0 Å². The van der Waals surface area contributed by atoms with Gasteiger partial charge in [0.05, 0.1) is 23.9 Å².